The largest absolute Gasteiger partial charge is 0.358 e. The maximum absolute atomic E-state index is 2.99. The van der Waals surface area contributed by atoms with Crippen molar-refractivity contribution in [3.8, 4) is 0 Å². The fraction of sp³-hybridized carbons (Fsp3) is 0.429. The monoisotopic (exact) mass is 416 g/mol. The molecule has 0 aromatic carbocycles. The molecule has 0 amide bonds. The van der Waals surface area contributed by atoms with Crippen LogP contribution >= 0.6 is 0 Å². The average molecular weight is 417 g/mol. The second-order valence-electron chi connectivity index (χ2n) is 6.95. The van der Waals surface area contributed by atoms with Crippen molar-refractivity contribution in [3.05, 3.63) is 77.6 Å². The molecular formula is C21H46NSi2Ti-5. The molecule has 1 aliphatic carbocycles. The van der Waals surface area contributed by atoms with E-state index >= 15 is 0 Å². The molecule has 0 unspecified atom stereocenters. The molecule has 0 spiro atoms. The molecule has 0 atom stereocenters. The van der Waals surface area contributed by atoms with Gasteiger partial charge < -0.3 is 35.0 Å². The molecule has 0 radical (unpaired) electrons. The zero-order chi connectivity index (χ0) is 16.1. The molecule has 0 bridgehead atoms. The molecule has 1 N–H and O–H groups in total. The molecule has 1 rings (SSSR count). The summed E-state index contributed by atoms with van der Waals surface area (Å²) in [6.07, 6.45) is 14.5. The van der Waals surface area contributed by atoms with Gasteiger partial charge in [-0.2, -0.15) is 6.08 Å². The van der Waals surface area contributed by atoms with Gasteiger partial charge in [-0.1, -0.05) is 62.8 Å². The van der Waals surface area contributed by atoms with Gasteiger partial charge in [0, 0.05) is 21.7 Å². The third-order valence-electron chi connectivity index (χ3n) is 1.89. The Morgan fingerprint density at radius 3 is 1.24 bits per heavy atom. The molecule has 152 valence electrons. The predicted octanol–water partition coefficient (Wildman–Crippen LogP) is 6.79. The number of rotatable bonds is 3. The Morgan fingerprint density at radius 2 is 1.12 bits per heavy atom. The summed E-state index contributed by atoms with van der Waals surface area (Å²) in [6, 6.07) is 0. The zero-order valence-corrected chi connectivity index (χ0v) is 22.8. The van der Waals surface area contributed by atoms with E-state index in [1.54, 1.807) is 0 Å². The van der Waals surface area contributed by atoms with Crippen molar-refractivity contribution >= 4 is 16.1 Å². The van der Waals surface area contributed by atoms with Gasteiger partial charge in [0.05, 0.1) is 16.1 Å². The first-order chi connectivity index (χ1) is 9.12. The van der Waals surface area contributed by atoms with E-state index in [1.165, 1.54) is 0 Å². The van der Waals surface area contributed by atoms with Crippen LogP contribution in [0.4, 0.5) is 0 Å². The van der Waals surface area contributed by atoms with E-state index < -0.39 is 16.1 Å². The van der Waals surface area contributed by atoms with E-state index in [9.17, 15) is 0 Å². The molecule has 25 heavy (non-hydrogen) atoms. The Kier molecular flexibility index (Phi) is 46.8. The van der Waals surface area contributed by atoms with Crippen LogP contribution in [0.1, 0.15) is 6.42 Å². The van der Waals surface area contributed by atoms with Crippen LogP contribution in [0.25, 0.3) is 0 Å². The topological polar surface area (TPSA) is 12.0 Å². The Labute approximate surface area is 180 Å². The van der Waals surface area contributed by atoms with Gasteiger partial charge in [0.25, 0.3) is 0 Å². The normalized spacial score (nSPS) is 11.4. The van der Waals surface area contributed by atoms with Gasteiger partial charge in [0.2, 0.25) is 0 Å². The minimum atomic E-state index is -0.970. The smallest absolute Gasteiger partial charge is 0.0686 e. The fourth-order valence-corrected chi connectivity index (χ4v) is 2.41. The van der Waals surface area contributed by atoms with Gasteiger partial charge in [-0.25, -0.2) is 12.2 Å². The second-order valence-corrected chi connectivity index (χ2v) is 17.1. The van der Waals surface area contributed by atoms with Crippen molar-refractivity contribution in [1.29, 1.82) is 0 Å². The van der Waals surface area contributed by atoms with Gasteiger partial charge >= 0.3 is 0 Å². The summed E-state index contributed by atoms with van der Waals surface area (Å²) < 4.78 is 0. The maximum Gasteiger partial charge on any atom is 0.0686 e. The number of nitrogens with one attached hydrogen (secondary N) is 1. The summed E-state index contributed by atoms with van der Waals surface area (Å²) in [6.45, 7) is 14.1. The standard InChI is InChI=1S/C10H22Si2.C5H5.C2H7N.4CH3.Ti/c1-11(2,3)9-7-8-10-12(4,5)6;1-2-4-5-3-1;1-3-2;;;;;/h7-10H,1-6H3;1-3H,4H2;3H,1-2H3;4*1H3;/q;-1;;4*-1;. The molecular weight excluding hydrogens is 370 g/mol. The number of hydrogen-bond acceptors (Lipinski definition) is 1. The SMILES string of the molecule is CNC.C[Si](C)(C)C=CC=C[Si](C)(C)C.[C-]1=CC=CC1.[CH3-].[CH3-].[CH3-].[CH3-].[Ti]. The van der Waals surface area contributed by atoms with Crippen LogP contribution in [-0.4, -0.2) is 30.2 Å². The van der Waals surface area contributed by atoms with Gasteiger partial charge in [-0.15, -0.1) is 6.42 Å². The van der Waals surface area contributed by atoms with E-state index in [1.807, 2.05) is 26.2 Å². The predicted molar refractivity (Wildman–Crippen MR) is 127 cm³/mol. The molecule has 0 aromatic heterocycles. The van der Waals surface area contributed by atoms with Crippen LogP contribution in [-0.2, 0) is 21.7 Å². The third-order valence-corrected chi connectivity index (χ3v) is 4.27. The van der Waals surface area contributed by atoms with E-state index in [2.05, 4.69) is 80.3 Å². The van der Waals surface area contributed by atoms with Crippen molar-refractivity contribution in [2.75, 3.05) is 14.1 Å². The summed E-state index contributed by atoms with van der Waals surface area (Å²) >= 11 is 0. The average Bonchev–Trinajstić information content (AvgIpc) is 2.81. The molecule has 0 fully saturated rings. The van der Waals surface area contributed by atoms with E-state index in [4.69, 9.17) is 0 Å². The first-order valence-electron chi connectivity index (χ1n) is 7.29. The zero-order valence-electron chi connectivity index (χ0n) is 19.2. The van der Waals surface area contributed by atoms with Gasteiger partial charge in [-0.05, 0) is 14.1 Å². The van der Waals surface area contributed by atoms with Crippen molar-refractivity contribution < 1.29 is 21.7 Å². The van der Waals surface area contributed by atoms with Crippen LogP contribution < -0.4 is 5.32 Å². The molecule has 0 saturated heterocycles. The first-order valence-corrected chi connectivity index (χ1v) is 14.4. The van der Waals surface area contributed by atoms with Gasteiger partial charge in [0.1, 0.15) is 0 Å². The molecule has 4 heteroatoms. The molecule has 0 aliphatic heterocycles. The van der Waals surface area contributed by atoms with Crippen molar-refractivity contribution in [2.24, 2.45) is 0 Å². The minimum absolute atomic E-state index is 0. The summed E-state index contributed by atoms with van der Waals surface area (Å²) in [5.41, 5.74) is 4.76. The van der Waals surface area contributed by atoms with Crippen LogP contribution in [0.2, 0.25) is 39.3 Å². The van der Waals surface area contributed by atoms with Gasteiger partial charge in [-0.3, -0.25) is 6.08 Å². The Hall–Kier alpha value is 0.0681. The summed E-state index contributed by atoms with van der Waals surface area (Å²) in [4.78, 5) is 0. The Morgan fingerprint density at radius 1 is 0.800 bits per heavy atom. The summed E-state index contributed by atoms with van der Waals surface area (Å²) in [7, 11) is 1.81. The number of allylic oxidation sites excluding steroid dienone is 6. The Balaban J connectivity index is -0.0000000427. The van der Waals surface area contributed by atoms with E-state index in [0.29, 0.717) is 0 Å². The maximum atomic E-state index is 2.99. The second kappa shape index (κ2) is 26.3. The van der Waals surface area contributed by atoms with Crippen molar-refractivity contribution in [2.45, 2.75) is 45.7 Å². The van der Waals surface area contributed by atoms with E-state index in [-0.39, 0.29) is 51.4 Å². The first kappa shape index (κ1) is 44.5. The quantitative estimate of drug-likeness (QED) is 0.303. The summed E-state index contributed by atoms with van der Waals surface area (Å²) in [5.74, 6) is 0. The van der Waals surface area contributed by atoms with Crippen LogP contribution in [0.3, 0.4) is 0 Å². The summed E-state index contributed by atoms with van der Waals surface area (Å²) in [5, 5.41) is 2.75. The van der Waals surface area contributed by atoms with Crippen LogP contribution in [0, 0.1) is 35.8 Å². The van der Waals surface area contributed by atoms with Crippen LogP contribution in [0.5, 0.6) is 0 Å². The molecule has 1 aliphatic rings. The van der Waals surface area contributed by atoms with E-state index in [0.717, 1.165) is 6.42 Å². The fourth-order valence-electron chi connectivity index (χ4n) is 1.03. The van der Waals surface area contributed by atoms with Gasteiger partial charge in [0.15, 0.2) is 0 Å². The Bertz CT molecular complexity index is 301. The molecule has 0 saturated carbocycles. The molecule has 1 nitrogen and oxygen atoms in total. The van der Waals surface area contributed by atoms with Crippen molar-refractivity contribution in [3.63, 3.8) is 0 Å². The molecule has 0 aromatic rings. The van der Waals surface area contributed by atoms with Crippen molar-refractivity contribution in [1.82, 2.24) is 5.32 Å². The van der Waals surface area contributed by atoms with Crippen LogP contribution in [0.15, 0.2) is 41.8 Å². The number of hydrogen-bond donors (Lipinski definition) is 1. The minimum Gasteiger partial charge on any atom is -0.358 e. The third kappa shape index (κ3) is 59.2. The molecule has 0 heterocycles.